The quantitative estimate of drug-likeness (QED) is 0.844. The van der Waals surface area contributed by atoms with Gasteiger partial charge in [-0.15, -0.1) is 0 Å². The Balaban J connectivity index is 1.39. The standard InChI is InChI=1S/C15H17N5O3/c1-10-5-13(17-23-10)15(22)18-7-12(8-18)20-9-11(6-16-20)19-4-2-3-14(19)21/h5-6,9,12H,2-4,7-8H2,1H3. The zero-order valence-electron chi connectivity index (χ0n) is 12.8. The van der Waals surface area contributed by atoms with E-state index in [9.17, 15) is 9.59 Å². The lowest BCUT2D eigenvalue weighted by Gasteiger charge is -2.38. The number of carbonyl (C=O) groups excluding carboxylic acids is 2. The molecular formula is C15H17N5O3. The third-order valence-electron chi connectivity index (χ3n) is 4.34. The van der Waals surface area contributed by atoms with Gasteiger partial charge in [0, 0.05) is 38.3 Å². The monoisotopic (exact) mass is 315 g/mol. The number of amides is 2. The first-order valence-electron chi connectivity index (χ1n) is 7.69. The van der Waals surface area contributed by atoms with E-state index in [2.05, 4.69) is 10.3 Å². The second-order valence-corrected chi connectivity index (χ2v) is 6.01. The van der Waals surface area contributed by atoms with E-state index in [-0.39, 0.29) is 17.9 Å². The van der Waals surface area contributed by atoms with Crippen LogP contribution in [-0.2, 0) is 4.79 Å². The molecule has 8 heteroatoms. The molecule has 0 spiro atoms. The van der Waals surface area contributed by atoms with Crippen LogP contribution >= 0.6 is 0 Å². The van der Waals surface area contributed by atoms with Crippen LogP contribution in [-0.4, -0.2) is 51.3 Å². The van der Waals surface area contributed by atoms with Crippen molar-refractivity contribution in [3.63, 3.8) is 0 Å². The molecule has 0 atom stereocenters. The van der Waals surface area contributed by atoms with Crippen molar-refractivity contribution in [1.29, 1.82) is 0 Å². The molecule has 2 saturated heterocycles. The molecule has 2 aliphatic rings. The van der Waals surface area contributed by atoms with Crippen LogP contribution in [0.2, 0.25) is 0 Å². The van der Waals surface area contributed by atoms with Gasteiger partial charge in [-0.05, 0) is 13.3 Å². The summed E-state index contributed by atoms with van der Waals surface area (Å²) in [5, 5.41) is 8.09. The van der Waals surface area contributed by atoms with Crippen molar-refractivity contribution in [1.82, 2.24) is 19.8 Å². The van der Waals surface area contributed by atoms with Crippen molar-refractivity contribution in [2.75, 3.05) is 24.5 Å². The molecule has 0 N–H and O–H groups in total. The topological polar surface area (TPSA) is 84.5 Å². The molecule has 120 valence electrons. The van der Waals surface area contributed by atoms with Crippen LogP contribution in [0.25, 0.3) is 0 Å². The number of anilines is 1. The number of hydrogen-bond acceptors (Lipinski definition) is 5. The van der Waals surface area contributed by atoms with Crippen molar-refractivity contribution in [3.8, 4) is 0 Å². The molecule has 2 aromatic rings. The third-order valence-corrected chi connectivity index (χ3v) is 4.34. The Kier molecular flexibility index (Phi) is 3.17. The molecule has 0 radical (unpaired) electrons. The fourth-order valence-electron chi connectivity index (χ4n) is 3.01. The van der Waals surface area contributed by atoms with Crippen molar-refractivity contribution >= 4 is 17.5 Å². The smallest absolute Gasteiger partial charge is 0.276 e. The summed E-state index contributed by atoms with van der Waals surface area (Å²) >= 11 is 0. The minimum absolute atomic E-state index is 0.125. The van der Waals surface area contributed by atoms with Gasteiger partial charge in [0.15, 0.2) is 5.69 Å². The van der Waals surface area contributed by atoms with Crippen LogP contribution in [0, 0.1) is 6.92 Å². The predicted octanol–water partition coefficient (Wildman–Crippen LogP) is 1.00. The van der Waals surface area contributed by atoms with E-state index in [0.29, 0.717) is 31.0 Å². The van der Waals surface area contributed by atoms with Gasteiger partial charge >= 0.3 is 0 Å². The summed E-state index contributed by atoms with van der Waals surface area (Å²) in [7, 11) is 0. The molecule has 2 fully saturated rings. The summed E-state index contributed by atoms with van der Waals surface area (Å²) in [6.07, 6.45) is 5.10. The second kappa shape index (κ2) is 5.22. The molecule has 0 bridgehead atoms. The van der Waals surface area contributed by atoms with E-state index >= 15 is 0 Å². The van der Waals surface area contributed by atoms with Gasteiger partial charge in [-0.1, -0.05) is 5.16 Å². The molecule has 2 amide bonds. The van der Waals surface area contributed by atoms with Crippen LogP contribution < -0.4 is 4.90 Å². The molecule has 23 heavy (non-hydrogen) atoms. The summed E-state index contributed by atoms with van der Waals surface area (Å²) in [5.74, 6) is 0.647. The highest BCUT2D eigenvalue weighted by Crippen LogP contribution is 2.26. The first-order chi connectivity index (χ1) is 11.1. The lowest BCUT2D eigenvalue weighted by atomic mass is 10.1. The summed E-state index contributed by atoms with van der Waals surface area (Å²) in [4.78, 5) is 27.4. The van der Waals surface area contributed by atoms with Crippen LogP contribution in [0.4, 0.5) is 5.69 Å². The summed E-state index contributed by atoms with van der Waals surface area (Å²) in [5.41, 5.74) is 1.18. The molecule has 4 heterocycles. The lowest BCUT2D eigenvalue weighted by Crippen LogP contribution is -2.51. The number of likely N-dealkylation sites (tertiary alicyclic amines) is 1. The predicted molar refractivity (Wildman–Crippen MR) is 80.0 cm³/mol. The molecule has 0 unspecified atom stereocenters. The Bertz CT molecular complexity index is 759. The molecule has 2 aromatic heterocycles. The molecule has 4 rings (SSSR count). The maximum absolute atomic E-state index is 12.2. The van der Waals surface area contributed by atoms with E-state index in [4.69, 9.17) is 4.52 Å². The van der Waals surface area contributed by atoms with Gasteiger partial charge in [-0.25, -0.2) is 0 Å². The van der Waals surface area contributed by atoms with E-state index in [1.807, 2.05) is 10.9 Å². The normalized spacial score (nSPS) is 18.6. The minimum Gasteiger partial charge on any atom is -0.361 e. The average molecular weight is 315 g/mol. The summed E-state index contributed by atoms with van der Waals surface area (Å²) in [6, 6.07) is 1.78. The van der Waals surface area contributed by atoms with Gasteiger partial charge in [0.05, 0.1) is 17.9 Å². The zero-order chi connectivity index (χ0) is 16.0. The Morgan fingerprint density at radius 2 is 2.22 bits per heavy atom. The third kappa shape index (κ3) is 2.39. The average Bonchev–Trinajstić information content (AvgIpc) is 3.18. The Morgan fingerprint density at radius 1 is 1.39 bits per heavy atom. The van der Waals surface area contributed by atoms with Crippen LogP contribution in [0.15, 0.2) is 23.0 Å². The summed E-state index contributed by atoms with van der Waals surface area (Å²) in [6.45, 7) is 3.68. The summed E-state index contributed by atoms with van der Waals surface area (Å²) < 4.78 is 6.77. The second-order valence-electron chi connectivity index (χ2n) is 6.01. The Hall–Kier alpha value is -2.64. The fourth-order valence-corrected chi connectivity index (χ4v) is 3.01. The molecule has 2 aliphatic heterocycles. The van der Waals surface area contributed by atoms with Crippen molar-refractivity contribution < 1.29 is 14.1 Å². The van der Waals surface area contributed by atoms with Gasteiger partial charge in [-0.3, -0.25) is 14.3 Å². The number of nitrogens with zero attached hydrogens (tertiary/aromatic N) is 5. The van der Waals surface area contributed by atoms with Gasteiger partial charge < -0.3 is 14.3 Å². The minimum atomic E-state index is -0.125. The molecule has 0 aliphatic carbocycles. The molecule has 0 saturated carbocycles. The molecule has 0 aromatic carbocycles. The highest BCUT2D eigenvalue weighted by molar-refractivity contribution is 5.95. The number of aryl methyl sites for hydroxylation is 1. The number of aromatic nitrogens is 3. The largest absolute Gasteiger partial charge is 0.361 e. The SMILES string of the molecule is Cc1cc(C(=O)N2CC(n3cc(N4CCCC4=O)cn3)C2)no1. The fraction of sp³-hybridized carbons (Fsp3) is 0.467. The first-order valence-corrected chi connectivity index (χ1v) is 7.69. The Labute approximate surface area is 132 Å². The first kappa shape index (κ1) is 14.0. The highest BCUT2D eigenvalue weighted by atomic mass is 16.5. The van der Waals surface area contributed by atoms with Gasteiger partial charge in [-0.2, -0.15) is 5.10 Å². The van der Waals surface area contributed by atoms with Gasteiger partial charge in [0.2, 0.25) is 5.91 Å². The van der Waals surface area contributed by atoms with Gasteiger partial charge in [0.25, 0.3) is 5.91 Å². The Morgan fingerprint density at radius 3 is 2.87 bits per heavy atom. The van der Waals surface area contributed by atoms with Gasteiger partial charge in [0.1, 0.15) is 5.76 Å². The van der Waals surface area contributed by atoms with Crippen molar-refractivity contribution in [2.24, 2.45) is 0 Å². The van der Waals surface area contributed by atoms with Crippen molar-refractivity contribution in [2.45, 2.75) is 25.8 Å². The lowest BCUT2D eigenvalue weighted by molar-refractivity contribution is -0.117. The van der Waals surface area contributed by atoms with E-state index in [1.54, 1.807) is 29.0 Å². The number of rotatable bonds is 3. The van der Waals surface area contributed by atoms with E-state index in [0.717, 1.165) is 18.7 Å². The maximum atomic E-state index is 12.2. The van der Waals surface area contributed by atoms with E-state index < -0.39 is 0 Å². The van der Waals surface area contributed by atoms with Crippen LogP contribution in [0.3, 0.4) is 0 Å². The van der Waals surface area contributed by atoms with Crippen molar-refractivity contribution in [3.05, 3.63) is 29.9 Å². The molecular weight excluding hydrogens is 298 g/mol. The zero-order valence-corrected chi connectivity index (χ0v) is 12.8. The number of hydrogen-bond donors (Lipinski definition) is 0. The highest BCUT2D eigenvalue weighted by Gasteiger charge is 2.34. The number of carbonyl (C=O) groups is 2. The van der Waals surface area contributed by atoms with Crippen LogP contribution in [0.1, 0.15) is 35.1 Å². The maximum Gasteiger partial charge on any atom is 0.276 e. The van der Waals surface area contributed by atoms with Crippen LogP contribution in [0.5, 0.6) is 0 Å². The molecule has 8 nitrogen and oxygen atoms in total. The van der Waals surface area contributed by atoms with E-state index in [1.165, 1.54) is 0 Å².